The van der Waals surface area contributed by atoms with Gasteiger partial charge in [0, 0.05) is 29.2 Å². The van der Waals surface area contributed by atoms with Gasteiger partial charge in [-0.1, -0.05) is 47.1 Å². The third-order valence-corrected chi connectivity index (χ3v) is 4.65. The molecule has 0 saturated carbocycles. The fourth-order valence-corrected chi connectivity index (χ4v) is 3.12. The van der Waals surface area contributed by atoms with Gasteiger partial charge in [-0.3, -0.25) is 4.79 Å². The molecule has 1 saturated heterocycles. The molecule has 2 heterocycles. The van der Waals surface area contributed by atoms with E-state index in [4.69, 9.17) is 16.1 Å². The van der Waals surface area contributed by atoms with Crippen LogP contribution < -0.4 is 0 Å². The van der Waals surface area contributed by atoms with Crippen LogP contribution in [-0.4, -0.2) is 34.0 Å². The summed E-state index contributed by atoms with van der Waals surface area (Å²) in [6.45, 7) is 3.12. The van der Waals surface area contributed by atoms with Gasteiger partial charge in [0.2, 0.25) is 11.7 Å². The highest BCUT2D eigenvalue weighted by atomic mass is 35.5. The van der Waals surface area contributed by atoms with E-state index in [1.165, 1.54) is 0 Å². The van der Waals surface area contributed by atoms with Crippen molar-refractivity contribution in [3.8, 4) is 11.4 Å². The lowest BCUT2D eigenvalue weighted by Gasteiger charge is -2.37. The molecule has 0 bridgehead atoms. The second kappa shape index (κ2) is 6.33. The van der Waals surface area contributed by atoms with Crippen LogP contribution in [0.1, 0.15) is 27.7 Å². The number of amides is 1. The zero-order valence-corrected chi connectivity index (χ0v) is 14.4. The first-order valence-corrected chi connectivity index (χ1v) is 8.44. The number of halogens is 1. The Hall–Kier alpha value is -2.66. The number of likely N-dealkylation sites (tertiary alicyclic amines) is 1. The standard InChI is InChI=1S/C19H16ClN3O2/c1-12-5-2-3-8-16(12)19(24)23-10-14(11-23)18-21-17(22-25-18)13-6-4-7-15(20)9-13/h2-9,14H,10-11H2,1H3. The summed E-state index contributed by atoms with van der Waals surface area (Å²) < 4.78 is 5.38. The molecule has 2 aromatic carbocycles. The smallest absolute Gasteiger partial charge is 0.254 e. The number of aryl methyl sites for hydroxylation is 1. The number of aromatic nitrogens is 2. The highest BCUT2D eigenvalue weighted by Crippen LogP contribution is 2.29. The summed E-state index contributed by atoms with van der Waals surface area (Å²) in [5.41, 5.74) is 2.54. The van der Waals surface area contributed by atoms with Crippen LogP contribution in [-0.2, 0) is 0 Å². The molecule has 5 nitrogen and oxygen atoms in total. The van der Waals surface area contributed by atoms with Gasteiger partial charge in [-0.2, -0.15) is 4.98 Å². The number of hydrogen-bond acceptors (Lipinski definition) is 4. The normalized spacial score (nSPS) is 14.4. The second-order valence-corrected chi connectivity index (χ2v) is 6.62. The molecule has 1 aliphatic heterocycles. The molecule has 0 atom stereocenters. The van der Waals surface area contributed by atoms with E-state index in [-0.39, 0.29) is 11.8 Å². The van der Waals surface area contributed by atoms with E-state index in [0.717, 1.165) is 16.7 Å². The van der Waals surface area contributed by atoms with E-state index >= 15 is 0 Å². The predicted octanol–water partition coefficient (Wildman–Crippen LogP) is 3.94. The Morgan fingerprint density at radius 2 is 2.00 bits per heavy atom. The molecule has 1 fully saturated rings. The van der Waals surface area contributed by atoms with Crippen LogP contribution in [0.25, 0.3) is 11.4 Å². The first kappa shape index (κ1) is 15.8. The van der Waals surface area contributed by atoms with Crippen molar-refractivity contribution in [2.75, 3.05) is 13.1 Å². The van der Waals surface area contributed by atoms with Gasteiger partial charge in [-0.15, -0.1) is 0 Å². The zero-order chi connectivity index (χ0) is 17.4. The largest absolute Gasteiger partial charge is 0.339 e. The molecular formula is C19H16ClN3O2. The Bertz CT molecular complexity index is 932. The zero-order valence-electron chi connectivity index (χ0n) is 13.6. The Morgan fingerprint density at radius 3 is 2.76 bits per heavy atom. The van der Waals surface area contributed by atoms with Crippen molar-refractivity contribution in [3.63, 3.8) is 0 Å². The Labute approximate surface area is 150 Å². The lowest BCUT2D eigenvalue weighted by molar-refractivity contribution is 0.0568. The second-order valence-electron chi connectivity index (χ2n) is 6.19. The van der Waals surface area contributed by atoms with E-state index < -0.39 is 0 Å². The summed E-state index contributed by atoms with van der Waals surface area (Å²) in [7, 11) is 0. The molecule has 0 spiro atoms. The molecule has 25 heavy (non-hydrogen) atoms. The van der Waals surface area contributed by atoms with Crippen molar-refractivity contribution in [2.45, 2.75) is 12.8 Å². The fraction of sp³-hybridized carbons (Fsp3) is 0.211. The van der Waals surface area contributed by atoms with Crippen LogP contribution in [0, 0.1) is 6.92 Å². The summed E-state index contributed by atoms with van der Waals surface area (Å²) in [6.07, 6.45) is 0. The average molecular weight is 354 g/mol. The number of carbonyl (C=O) groups excluding carboxylic acids is 1. The van der Waals surface area contributed by atoms with E-state index in [0.29, 0.717) is 29.8 Å². The van der Waals surface area contributed by atoms with Crippen LogP contribution in [0.3, 0.4) is 0 Å². The topological polar surface area (TPSA) is 59.2 Å². The summed E-state index contributed by atoms with van der Waals surface area (Å²) in [5, 5.41) is 4.65. The third-order valence-electron chi connectivity index (χ3n) is 4.42. The first-order valence-electron chi connectivity index (χ1n) is 8.06. The van der Waals surface area contributed by atoms with E-state index in [1.807, 2.05) is 43.3 Å². The Balaban J connectivity index is 1.45. The molecule has 0 N–H and O–H groups in total. The van der Waals surface area contributed by atoms with Crippen molar-refractivity contribution >= 4 is 17.5 Å². The van der Waals surface area contributed by atoms with E-state index in [2.05, 4.69) is 10.1 Å². The number of benzene rings is 2. The minimum absolute atomic E-state index is 0.0453. The van der Waals surface area contributed by atoms with Gasteiger partial charge in [0.1, 0.15) is 0 Å². The maximum absolute atomic E-state index is 12.5. The predicted molar refractivity (Wildman–Crippen MR) is 94.6 cm³/mol. The van der Waals surface area contributed by atoms with Crippen molar-refractivity contribution in [2.24, 2.45) is 0 Å². The van der Waals surface area contributed by atoms with Crippen molar-refractivity contribution in [3.05, 3.63) is 70.6 Å². The van der Waals surface area contributed by atoms with Crippen LogP contribution in [0.4, 0.5) is 0 Å². The molecule has 1 aliphatic rings. The summed E-state index contributed by atoms with van der Waals surface area (Å²) in [4.78, 5) is 18.8. The van der Waals surface area contributed by atoms with Crippen molar-refractivity contribution in [1.82, 2.24) is 15.0 Å². The summed E-state index contributed by atoms with van der Waals surface area (Å²) in [5.74, 6) is 1.20. The summed E-state index contributed by atoms with van der Waals surface area (Å²) >= 11 is 6.00. The van der Waals surface area contributed by atoms with Crippen LogP contribution in [0.5, 0.6) is 0 Å². The maximum Gasteiger partial charge on any atom is 0.254 e. The number of carbonyl (C=O) groups is 1. The van der Waals surface area contributed by atoms with Gasteiger partial charge in [0.15, 0.2) is 0 Å². The Morgan fingerprint density at radius 1 is 1.20 bits per heavy atom. The number of hydrogen-bond donors (Lipinski definition) is 0. The molecular weight excluding hydrogens is 338 g/mol. The van der Waals surface area contributed by atoms with Crippen LogP contribution >= 0.6 is 11.6 Å². The molecule has 1 amide bonds. The molecule has 6 heteroatoms. The minimum Gasteiger partial charge on any atom is -0.339 e. The van der Waals surface area contributed by atoms with E-state index in [1.54, 1.807) is 17.0 Å². The van der Waals surface area contributed by atoms with Crippen molar-refractivity contribution < 1.29 is 9.32 Å². The van der Waals surface area contributed by atoms with Gasteiger partial charge in [-0.25, -0.2) is 0 Å². The van der Waals surface area contributed by atoms with Gasteiger partial charge in [0.05, 0.1) is 5.92 Å². The molecule has 126 valence electrons. The minimum atomic E-state index is 0.0453. The lowest BCUT2D eigenvalue weighted by Crippen LogP contribution is -2.48. The van der Waals surface area contributed by atoms with Gasteiger partial charge >= 0.3 is 0 Å². The fourth-order valence-electron chi connectivity index (χ4n) is 2.93. The molecule has 0 radical (unpaired) electrons. The molecule has 0 aliphatic carbocycles. The SMILES string of the molecule is Cc1ccccc1C(=O)N1CC(c2nc(-c3cccc(Cl)c3)no2)C1. The number of nitrogens with zero attached hydrogens (tertiary/aromatic N) is 3. The maximum atomic E-state index is 12.5. The molecule has 4 rings (SSSR count). The lowest BCUT2D eigenvalue weighted by atomic mass is 9.97. The highest BCUT2D eigenvalue weighted by Gasteiger charge is 2.36. The molecule has 3 aromatic rings. The molecule has 1 aromatic heterocycles. The first-order chi connectivity index (χ1) is 12.1. The van der Waals surface area contributed by atoms with Crippen molar-refractivity contribution in [1.29, 1.82) is 0 Å². The third kappa shape index (κ3) is 3.03. The van der Waals surface area contributed by atoms with Crippen LogP contribution in [0.15, 0.2) is 53.1 Å². The number of rotatable bonds is 3. The van der Waals surface area contributed by atoms with E-state index in [9.17, 15) is 4.79 Å². The van der Waals surface area contributed by atoms with Crippen LogP contribution in [0.2, 0.25) is 5.02 Å². The van der Waals surface area contributed by atoms with Gasteiger partial charge < -0.3 is 9.42 Å². The summed E-state index contributed by atoms with van der Waals surface area (Å²) in [6, 6.07) is 14.9. The highest BCUT2D eigenvalue weighted by molar-refractivity contribution is 6.30. The van der Waals surface area contributed by atoms with Gasteiger partial charge in [0.25, 0.3) is 5.91 Å². The Kier molecular flexibility index (Phi) is 4.01. The monoisotopic (exact) mass is 353 g/mol. The van der Waals surface area contributed by atoms with Gasteiger partial charge in [-0.05, 0) is 30.7 Å². The average Bonchev–Trinajstić information content (AvgIpc) is 3.03. The molecule has 0 unspecified atom stereocenters. The quantitative estimate of drug-likeness (QED) is 0.715.